The van der Waals surface area contributed by atoms with Crippen LogP contribution < -0.4 is 0 Å². The number of carboxylic acid groups (broad SMARTS) is 1. The second-order valence-electron chi connectivity index (χ2n) is 5.32. The fourth-order valence-corrected chi connectivity index (χ4v) is 3.18. The number of carbonyl (C=O) groups excluding carboxylic acids is 1. The van der Waals surface area contributed by atoms with Crippen molar-refractivity contribution in [3.05, 3.63) is 6.33 Å². The van der Waals surface area contributed by atoms with Crippen molar-refractivity contribution in [2.24, 2.45) is 0 Å². The van der Waals surface area contributed by atoms with Gasteiger partial charge in [-0.3, -0.25) is 9.59 Å². The van der Waals surface area contributed by atoms with Gasteiger partial charge in [0, 0.05) is 12.6 Å². The van der Waals surface area contributed by atoms with E-state index < -0.39 is 12.0 Å². The number of rotatable bonds is 6. The first-order valence-electron chi connectivity index (χ1n) is 7.10. The van der Waals surface area contributed by atoms with Gasteiger partial charge in [-0.25, -0.2) is 0 Å². The maximum Gasteiger partial charge on any atom is 0.305 e. The van der Waals surface area contributed by atoms with Gasteiger partial charge in [-0.2, -0.15) is 0 Å². The summed E-state index contributed by atoms with van der Waals surface area (Å²) in [5, 5.41) is 17.5. The lowest BCUT2D eigenvalue weighted by atomic mass is 10.1. The minimum Gasteiger partial charge on any atom is -0.481 e. The highest BCUT2D eigenvalue weighted by molar-refractivity contribution is 7.99. The van der Waals surface area contributed by atoms with E-state index in [1.807, 2.05) is 18.4 Å². The summed E-state index contributed by atoms with van der Waals surface area (Å²) in [6.45, 7) is 5.16. The van der Waals surface area contributed by atoms with E-state index in [0.717, 1.165) is 0 Å². The number of hydrogen-bond acceptors (Lipinski definition) is 6. The molecular formula is C13H20N4O4S. The maximum absolute atomic E-state index is 12.4. The lowest BCUT2D eigenvalue weighted by Crippen LogP contribution is -2.50. The summed E-state index contributed by atoms with van der Waals surface area (Å²) in [5.41, 5.74) is 0. The van der Waals surface area contributed by atoms with Crippen molar-refractivity contribution in [3.63, 3.8) is 0 Å². The van der Waals surface area contributed by atoms with Crippen LogP contribution in [0, 0.1) is 0 Å². The van der Waals surface area contributed by atoms with Gasteiger partial charge in [0.2, 0.25) is 5.91 Å². The van der Waals surface area contributed by atoms with Crippen molar-refractivity contribution in [2.75, 3.05) is 25.5 Å². The quantitative estimate of drug-likeness (QED) is 0.766. The average molecular weight is 328 g/mol. The molecule has 1 fully saturated rings. The van der Waals surface area contributed by atoms with E-state index >= 15 is 0 Å². The van der Waals surface area contributed by atoms with E-state index in [-0.39, 0.29) is 30.7 Å². The van der Waals surface area contributed by atoms with Gasteiger partial charge in [0.1, 0.15) is 6.33 Å². The number of amides is 1. The summed E-state index contributed by atoms with van der Waals surface area (Å²) < 4.78 is 7.17. The Hall–Kier alpha value is -1.61. The predicted octanol–water partition coefficient (Wildman–Crippen LogP) is 0.653. The van der Waals surface area contributed by atoms with E-state index in [9.17, 15) is 9.59 Å². The molecule has 1 unspecified atom stereocenters. The van der Waals surface area contributed by atoms with Crippen molar-refractivity contribution in [3.8, 4) is 0 Å². The molecule has 0 spiro atoms. The summed E-state index contributed by atoms with van der Waals surface area (Å²) in [7, 11) is 0. The molecule has 0 aliphatic carbocycles. The fourth-order valence-electron chi connectivity index (χ4n) is 2.25. The lowest BCUT2D eigenvalue weighted by Gasteiger charge is -2.34. The standard InChI is InChI=1S/C13H20N4O4S/c1-9(2)17-8-14-15-13(17)22-7-11(18)16-3-4-21-6-10(16)5-12(19)20/h8-10H,3-7H2,1-2H3,(H,19,20). The maximum atomic E-state index is 12.4. The van der Waals surface area contributed by atoms with Crippen LogP contribution in [0.1, 0.15) is 26.3 Å². The molecule has 1 aromatic heterocycles. The first-order chi connectivity index (χ1) is 10.5. The topological polar surface area (TPSA) is 97.5 Å². The first kappa shape index (κ1) is 16.8. The van der Waals surface area contributed by atoms with Gasteiger partial charge >= 0.3 is 5.97 Å². The number of ether oxygens (including phenoxy) is 1. The van der Waals surface area contributed by atoms with E-state index in [2.05, 4.69) is 10.2 Å². The molecule has 0 bridgehead atoms. The number of carboxylic acids is 1. The summed E-state index contributed by atoms with van der Waals surface area (Å²) in [6.07, 6.45) is 1.54. The molecule has 9 heteroatoms. The molecule has 0 aromatic carbocycles. The highest BCUT2D eigenvalue weighted by Crippen LogP contribution is 2.20. The van der Waals surface area contributed by atoms with Gasteiger partial charge in [-0.05, 0) is 13.8 Å². The zero-order valence-corrected chi connectivity index (χ0v) is 13.5. The number of aromatic nitrogens is 3. The van der Waals surface area contributed by atoms with Crippen molar-refractivity contribution in [1.82, 2.24) is 19.7 Å². The zero-order chi connectivity index (χ0) is 16.1. The number of nitrogens with zero attached hydrogens (tertiary/aromatic N) is 4. The van der Waals surface area contributed by atoms with E-state index in [0.29, 0.717) is 18.3 Å². The van der Waals surface area contributed by atoms with Crippen LogP contribution in [0.15, 0.2) is 11.5 Å². The fraction of sp³-hybridized carbons (Fsp3) is 0.692. The molecule has 0 saturated carbocycles. The number of morpholine rings is 1. The van der Waals surface area contributed by atoms with E-state index in [1.165, 1.54) is 11.8 Å². The summed E-state index contributed by atoms with van der Waals surface area (Å²) in [4.78, 5) is 24.8. The molecule has 1 aliphatic heterocycles. The third-order valence-corrected chi connectivity index (χ3v) is 4.32. The Kier molecular flexibility index (Phi) is 5.78. The molecule has 1 atom stereocenters. The van der Waals surface area contributed by atoms with Crippen LogP contribution in [0.3, 0.4) is 0 Å². The molecule has 1 amide bonds. The Balaban J connectivity index is 1.95. The molecular weight excluding hydrogens is 308 g/mol. The van der Waals surface area contributed by atoms with Crippen LogP contribution in [0.4, 0.5) is 0 Å². The van der Waals surface area contributed by atoms with Crippen molar-refractivity contribution < 1.29 is 19.4 Å². The summed E-state index contributed by atoms with van der Waals surface area (Å²) in [6, 6.07) is -0.182. The van der Waals surface area contributed by atoms with Crippen LogP contribution >= 0.6 is 11.8 Å². The number of hydrogen-bond donors (Lipinski definition) is 1. The van der Waals surface area contributed by atoms with Gasteiger partial charge in [0.25, 0.3) is 0 Å². The van der Waals surface area contributed by atoms with Crippen LogP contribution in [-0.4, -0.2) is 68.2 Å². The lowest BCUT2D eigenvalue weighted by molar-refractivity contribution is -0.144. The number of aliphatic carboxylic acids is 1. The van der Waals surface area contributed by atoms with Gasteiger partial charge in [0.05, 0.1) is 31.4 Å². The Labute approximate surface area is 132 Å². The van der Waals surface area contributed by atoms with Gasteiger partial charge in [-0.15, -0.1) is 10.2 Å². The van der Waals surface area contributed by atoms with Crippen molar-refractivity contribution in [1.29, 1.82) is 0 Å². The van der Waals surface area contributed by atoms with Crippen molar-refractivity contribution in [2.45, 2.75) is 37.5 Å². The minimum absolute atomic E-state index is 0.0986. The molecule has 0 radical (unpaired) electrons. The number of thioether (sulfide) groups is 1. The SMILES string of the molecule is CC(C)n1cnnc1SCC(=O)N1CCOCC1CC(=O)O. The Bertz CT molecular complexity index is 534. The van der Waals surface area contributed by atoms with Crippen LogP contribution in [-0.2, 0) is 14.3 Å². The highest BCUT2D eigenvalue weighted by atomic mass is 32.2. The second-order valence-corrected chi connectivity index (χ2v) is 6.26. The Morgan fingerprint density at radius 3 is 3.00 bits per heavy atom. The normalized spacial score (nSPS) is 18.7. The molecule has 2 rings (SSSR count). The van der Waals surface area contributed by atoms with Gasteiger partial charge in [-0.1, -0.05) is 11.8 Å². The van der Waals surface area contributed by atoms with Crippen molar-refractivity contribution >= 4 is 23.6 Å². The van der Waals surface area contributed by atoms with Crippen LogP contribution in [0.5, 0.6) is 0 Å². The Morgan fingerprint density at radius 2 is 2.32 bits per heavy atom. The molecule has 22 heavy (non-hydrogen) atoms. The third-order valence-electron chi connectivity index (χ3n) is 3.38. The van der Waals surface area contributed by atoms with E-state index in [1.54, 1.807) is 11.2 Å². The number of carbonyl (C=O) groups is 2. The Morgan fingerprint density at radius 1 is 1.55 bits per heavy atom. The van der Waals surface area contributed by atoms with Gasteiger partial charge in [0.15, 0.2) is 5.16 Å². The molecule has 8 nitrogen and oxygen atoms in total. The highest BCUT2D eigenvalue weighted by Gasteiger charge is 2.29. The minimum atomic E-state index is -0.930. The third kappa shape index (κ3) is 4.20. The smallest absolute Gasteiger partial charge is 0.305 e. The first-order valence-corrected chi connectivity index (χ1v) is 8.09. The van der Waals surface area contributed by atoms with Crippen LogP contribution in [0.2, 0.25) is 0 Å². The van der Waals surface area contributed by atoms with E-state index in [4.69, 9.17) is 9.84 Å². The van der Waals surface area contributed by atoms with Gasteiger partial charge < -0.3 is 19.3 Å². The second kappa shape index (κ2) is 7.59. The molecule has 122 valence electrons. The molecule has 2 heterocycles. The monoisotopic (exact) mass is 328 g/mol. The average Bonchev–Trinajstić information content (AvgIpc) is 2.93. The summed E-state index contributed by atoms with van der Waals surface area (Å²) in [5.74, 6) is -0.819. The van der Waals surface area contributed by atoms with Crippen LogP contribution in [0.25, 0.3) is 0 Å². The largest absolute Gasteiger partial charge is 0.481 e. The molecule has 1 aliphatic rings. The zero-order valence-electron chi connectivity index (χ0n) is 12.6. The summed E-state index contributed by atoms with van der Waals surface area (Å²) >= 11 is 1.31. The predicted molar refractivity (Wildman–Crippen MR) is 79.7 cm³/mol. The molecule has 1 saturated heterocycles. The molecule has 1 N–H and O–H groups in total. The molecule has 1 aromatic rings.